The summed E-state index contributed by atoms with van der Waals surface area (Å²) in [4.78, 5) is 16.2. The first kappa shape index (κ1) is 11.4. The fourth-order valence-corrected chi connectivity index (χ4v) is 1.39. The van der Waals surface area contributed by atoms with Crippen LogP contribution in [0.2, 0.25) is 0 Å². The molecule has 1 heterocycles. The Labute approximate surface area is 96.5 Å². The van der Waals surface area contributed by atoms with Crippen LogP contribution in [0.15, 0.2) is 22.6 Å². The Kier molecular flexibility index (Phi) is 2.71. The number of benzene rings is 1. The molecule has 1 aromatic heterocycles. The van der Waals surface area contributed by atoms with Crippen molar-refractivity contribution in [3.05, 3.63) is 24.0 Å². The summed E-state index contributed by atoms with van der Waals surface area (Å²) in [6, 6.07) is 3.67. The summed E-state index contributed by atoms with van der Waals surface area (Å²) in [5, 5.41) is 8.86. The molecule has 0 bridgehead atoms. The SMILES string of the molecule is CC(C(=O)O)N(C)c1nc2cccc(F)c2o1. The maximum absolute atomic E-state index is 13.4. The van der Waals surface area contributed by atoms with Gasteiger partial charge in [0.05, 0.1) is 0 Å². The van der Waals surface area contributed by atoms with Crippen LogP contribution in [0.3, 0.4) is 0 Å². The second kappa shape index (κ2) is 4.04. The first-order valence-corrected chi connectivity index (χ1v) is 5.01. The summed E-state index contributed by atoms with van der Waals surface area (Å²) >= 11 is 0. The van der Waals surface area contributed by atoms with Gasteiger partial charge in [0.15, 0.2) is 11.4 Å². The Morgan fingerprint density at radius 1 is 1.59 bits per heavy atom. The summed E-state index contributed by atoms with van der Waals surface area (Å²) in [5.41, 5.74) is 0.399. The second-order valence-corrected chi connectivity index (χ2v) is 3.71. The fraction of sp³-hybridized carbons (Fsp3) is 0.273. The van der Waals surface area contributed by atoms with E-state index in [0.717, 1.165) is 0 Å². The van der Waals surface area contributed by atoms with Gasteiger partial charge >= 0.3 is 5.97 Å². The number of oxazole rings is 1. The standard InChI is InChI=1S/C11H11FN2O3/c1-6(10(15)16)14(2)11-13-8-5-3-4-7(12)9(8)17-11/h3-6H,1-2H3,(H,15,16). The molecule has 0 radical (unpaired) electrons. The van der Waals surface area contributed by atoms with E-state index < -0.39 is 17.8 Å². The number of para-hydroxylation sites is 1. The lowest BCUT2D eigenvalue weighted by atomic mass is 10.3. The summed E-state index contributed by atoms with van der Waals surface area (Å²) in [7, 11) is 1.53. The van der Waals surface area contributed by atoms with Crippen LogP contribution < -0.4 is 4.90 Å². The highest BCUT2D eigenvalue weighted by molar-refractivity contribution is 5.79. The highest BCUT2D eigenvalue weighted by atomic mass is 19.1. The molecule has 2 aromatic rings. The number of carbonyl (C=O) groups is 1. The van der Waals surface area contributed by atoms with Crippen molar-refractivity contribution in [2.45, 2.75) is 13.0 Å². The van der Waals surface area contributed by atoms with Crippen LogP contribution >= 0.6 is 0 Å². The van der Waals surface area contributed by atoms with Gasteiger partial charge in [-0.2, -0.15) is 4.98 Å². The molecule has 0 spiro atoms. The number of aliphatic carboxylic acids is 1. The van der Waals surface area contributed by atoms with Gasteiger partial charge in [-0.05, 0) is 19.1 Å². The molecule has 0 fully saturated rings. The maximum atomic E-state index is 13.4. The molecule has 1 unspecified atom stereocenters. The minimum Gasteiger partial charge on any atom is -0.480 e. The number of hydrogen-bond donors (Lipinski definition) is 1. The highest BCUT2D eigenvalue weighted by Crippen LogP contribution is 2.24. The lowest BCUT2D eigenvalue weighted by Crippen LogP contribution is -2.35. The molecular weight excluding hydrogens is 227 g/mol. The van der Waals surface area contributed by atoms with Crippen molar-refractivity contribution in [3.63, 3.8) is 0 Å². The van der Waals surface area contributed by atoms with Crippen LogP contribution in [-0.2, 0) is 4.79 Å². The minimum atomic E-state index is -1.00. The topological polar surface area (TPSA) is 66.6 Å². The molecule has 17 heavy (non-hydrogen) atoms. The molecule has 1 N–H and O–H groups in total. The monoisotopic (exact) mass is 238 g/mol. The molecule has 0 aliphatic rings. The van der Waals surface area contributed by atoms with E-state index in [1.165, 1.54) is 31.0 Å². The van der Waals surface area contributed by atoms with Gasteiger partial charge in [-0.3, -0.25) is 0 Å². The number of nitrogens with zero attached hydrogens (tertiary/aromatic N) is 2. The van der Waals surface area contributed by atoms with Gasteiger partial charge in [0.1, 0.15) is 11.6 Å². The van der Waals surface area contributed by atoms with Crippen molar-refractivity contribution in [1.82, 2.24) is 4.98 Å². The third-order valence-corrected chi connectivity index (χ3v) is 2.60. The number of carboxylic acid groups (broad SMARTS) is 1. The van der Waals surface area contributed by atoms with E-state index in [9.17, 15) is 9.18 Å². The molecule has 0 amide bonds. The normalized spacial score (nSPS) is 12.6. The van der Waals surface area contributed by atoms with Gasteiger partial charge in [0.2, 0.25) is 0 Å². The first-order valence-electron chi connectivity index (χ1n) is 5.01. The molecule has 1 aromatic carbocycles. The van der Waals surface area contributed by atoms with E-state index in [-0.39, 0.29) is 11.6 Å². The van der Waals surface area contributed by atoms with E-state index in [4.69, 9.17) is 9.52 Å². The van der Waals surface area contributed by atoms with Gasteiger partial charge in [-0.1, -0.05) is 6.07 Å². The Hall–Kier alpha value is -2.11. The molecule has 0 saturated heterocycles. The highest BCUT2D eigenvalue weighted by Gasteiger charge is 2.22. The summed E-state index contributed by atoms with van der Waals surface area (Å²) in [5.74, 6) is -1.52. The number of carboxylic acids is 1. The minimum absolute atomic E-state index is 0.0342. The van der Waals surface area contributed by atoms with Gasteiger partial charge in [0, 0.05) is 7.05 Å². The maximum Gasteiger partial charge on any atom is 0.326 e. The van der Waals surface area contributed by atoms with Gasteiger partial charge < -0.3 is 14.4 Å². The number of likely N-dealkylation sites (N-methyl/N-ethyl adjacent to an activating group) is 1. The molecule has 0 aliphatic carbocycles. The Bertz CT molecular complexity index is 567. The van der Waals surface area contributed by atoms with Crippen molar-refractivity contribution in [2.24, 2.45) is 0 Å². The van der Waals surface area contributed by atoms with Gasteiger partial charge in [0.25, 0.3) is 6.01 Å². The molecule has 90 valence electrons. The molecule has 2 rings (SSSR count). The van der Waals surface area contributed by atoms with E-state index in [1.807, 2.05) is 0 Å². The van der Waals surface area contributed by atoms with Crippen LogP contribution in [0.1, 0.15) is 6.92 Å². The quantitative estimate of drug-likeness (QED) is 0.884. The van der Waals surface area contributed by atoms with Gasteiger partial charge in [-0.25, -0.2) is 9.18 Å². The molecule has 0 saturated carbocycles. The van der Waals surface area contributed by atoms with E-state index in [2.05, 4.69) is 4.98 Å². The number of hydrogen-bond acceptors (Lipinski definition) is 4. The van der Waals surface area contributed by atoms with Gasteiger partial charge in [-0.15, -0.1) is 0 Å². The third kappa shape index (κ3) is 1.93. The van der Waals surface area contributed by atoms with Crippen LogP contribution in [0, 0.1) is 5.82 Å². The fourth-order valence-electron chi connectivity index (χ4n) is 1.39. The lowest BCUT2D eigenvalue weighted by molar-refractivity contribution is -0.138. The average molecular weight is 238 g/mol. The zero-order chi connectivity index (χ0) is 12.6. The second-order valence-electron chi connectivity index (χ2n) is 3.71. The predicted octanol–water partition coefficient (Wildman–Crippen LogP) is 1.88. The Morgan fingerprint density at radius 2 is 2.29 bits per heavy atom. The van der Waals surface area contributed by atoms with Crippen LogP contribution in [0.5, 0.6) is 0 Å². The van der Waals surface area contributed by atoms with E-state index in [0.29, 0.717) is 5.52 Å². The summed E-state index contributed by atoms with van der Waals surface area (Å²) in [6.45, 7) is 1.49. The van der Waals surface area contributed by atoms with Crippen molar-refractivity contribution >= 4 is 23.1 Å². The van der Waals surface area contributed by atoms with Crippen LogP contribution in [-0.4, -0.2) is 29.1 Å². The van der Waals surface area contributed by atoms with Crippen molar-refractivity contribution in [2.75, 3.05) is 11.9 Å². The van der Waals surface area contributed by atoms with Crippen molar-refractivity contribution < 1.29 is 18.7 Å². The zero-order valence-corrected chi connectivity index (χ0v) is 9.35. The van der Waals surface area contributed by atoms with Crippen molar-refractivity contribution in [1.29, 1.82) is 0 Å². The van der Waals surface area contributed by atoms with Crippen LogP contribution in [0.25, 0.3) is 11.1 Å². The number of rotatable bonds is 3. The molecule has 5 nitrogen and oxygen atoms in total. The van der Waals surface area contributed by atoms with E-state index >= 15 is 0 Å². The Morgan fingerprint density at radius 3 is 2.88 bits per heavy atom. The third-order valence-electron chi connectivity index (χ3n) is 2.60. The number of anilines is 1. The Balaban J connectivity index is 2.43. The lowest BCUT2D eigenvalue weighted by Gasteiger charge is -2.18. The van der Waals surface area contributed by atoms with E-state index in [1.54, 1.807) is 6.07 Å². The molecule has 1 atom stereocenters. The number of fused-ring (bicyclic) bond motifs is 1. The molecule has 6 heteroatoms. The van der Waals surface area contributed by atoms with Crippen LogP contribution in [0.4, 0.5) is 10.4 Å². The summed E-state index contributed by atoms with van der Waals surface area (Å²) in [6.07, 6.45) is 0. The predicted molar refractivity (Wildman–Crippen MR) is 59.5 cm³/mol. The summed E-state index contributed by atoms with van der Waals surface area (Å²) < 4.78 is 18.6. The zero-order valence-electron chi connectivity index (χ0n) is 9.35. The number of halogens is 1. The number of aromatic nitrogens is 1. The largest absolute Gasteiger partial charge is 0.480 e. The first-order chi connectivity index (χ1) is 8.00. The average Bonchev–Trinajstić information content (AvgIpc) is 2.72. The molecular formula is C11H11FN2O3. The smallest absolute Gasteiger partial charge is 0.326 e. The molecule has 0 aliphatic heterocycles. The van der Waals surface area contributed by atoms with Crippen molar-refractivity contribution in [3.8, 4) is 0 Å².